The second-order valence-corrected chi connectivity index (χ2v) is 22.8. The Hall–Kier alpha value is -5.39. The van der Waals surface area contributed by atoms with Crippen molar-refractivity contribution in [2.75, 3.05) is 0 Å². The van der Waals surface area contributed by atoms with E-state index in [-0.39, 0.29) is 25.5 Å². The summed E-state index contributed by atoms with van der Waals surface area (Å²) in [5.41, 5.74) is 12.0. The van der Waals surface area contributed by atoms with Gasteiger partial charge in [-0.1, -0.05) is 162 Å². The van der Waals surface area contributed by atoms with Gasteiger partial charge < -0.3 is 14.0 Å². The van der Waals surface area contributed by atoms with Gasteiger partial charge in [-0.2, -0.15) is 0 Å². The number of fused-ring (bicyclic) bond motifs is 3. The van der Waals surface area contributed by atoms with Crippen LogP contribution in [0.15, 0.2) is 150 Å². The summed E-state index contributed by atoms with van der Waals surface area (Å²) < 4.78 is 8.27. The molecular weight excluding hydrogens is 915 g/mol. The van der Waals surface area contributed by atoms with Crippen molar-refractivity contribution < 1.29 is 24.5 Å². The van der Waals surface area contributed by atoms with Crippen LogP contribution in [0.25, 0.3) is 72.2 Å². The van der Waals surface area contributed by atoms with Crippen LogP contribution in [0.5, 0.6) is 0 Å². The Kier molecular flexibility index (Phi) is 12.1. The first-order valence-electron chi connectivity index (χ1n) is 20.3. The minimum Gasteiger partial charge on any atom is -0.557 e. The van der Waals surface area contributed by atoms with Gasteiger partial charge in [0.1, 0.15) is 0 Å². The Bertz CT molecular complexity index is 2860. The van der Waals surface area contributed by atoms with Crippen molar-refractivity contribution in [3.63, 3.8) is 0 Å². The van der Waals surface area contributed by atoms with Gasteiger partial charge in [-0.15, -0.1) is 35.9 Å². The molecule has 0 saturated heterocycles. The average molecular weight is 966 g/mol. The molecule has 1 radical (unpaired) electrons. The molecular formula is C53H51IrN3OSi-2. The van der Waals surface area contributed by atoms with Crippen molar-refractivity contribution >= 4 is 46.0 Å². The van der Waals surface area contributed by atoms with E-state index in [9.17, 15) is 0 Å². The molecule has 0 bridgehead atoms. The van der Waals surface area contributed by atoms with Gasteiger partial charge in [-0.05, 0) is 80.4 Å². The molecule has 0 N–H and O–H groups in total. The van der Waals surface area contributed by atoms with E-state index in [1.54, 1.807) is 0 Å². The van der Waals surface area contributed by atoms with Crippen molar-refractivity contribution in [1.82, 2.24) is 14.5 Å². The summed E-state index contributed by atoms with van der Waals surface area (Å²) in [7, 11) is -1.34. The van der Waals surface area contributed by atoms with E-state index in [1.165, 1.54) is 32.8 Å². The molecule has 0 unspecified atom stereocenters. The molecule has 0 amide bonds. The van der Waals surface area contributed by atoms with Crippen LogP contribution < -0.4 is 5.19 Å². The van der Waals surface area contributed by atoms with Gasteiger partial charge in [0.05, 0.1) is 24.9 Å². The van der Waals surface area contributed by atoms with Crippen molar-refractivity contribution in [3.05, 3.63) is 169 Å². The molecule has 0 aliphatic rings. The van der Waals surface area contributed by atoms with E-state index < -0.39 is 8.07 Å². The third-order valence-corrected chi connectivity index (χ3v) is 12.8. The number of para-hydroxylation sites is 2. The first-order chi connectivity index (χ1) is 27.8. The van der Waals surface area contributed by atoms with Gasteiger partial charge in [0.15, 0.2) is 0 Å². The van der Waals surface area contributed by atoms with E-state index in [0.717, 1.165) is 62.1 Å². The third kappa shape index (κ3) is 8.82. The number of benzene rings is 6. The topological polar surface area (TPSA) is 43.9 Å². The first kappa shape index (κ1) is 41.8. The minimum atomic E-state index is -1.34. The Morgan fingerprint density at radius 3 is 2.14 bits per heavy atom. The standard InChI is InChI=1S/C35H27N2O.C18H24NSi.Ir/c1-35(2,3)29-20-26(23-11-5-4-6-12-23)17-18-31(29)37-32-16-10-9-15-30(32)36-34(37)28-22-38-33-21-25-14-8-7-13-24(25)19-27(28)33;1-14(2)11-16-12-17(15-9-7-6-8-10-15)19-13-18(16)20(3,4)5;/h4-21H,1-3H3;6-9,12-14H,11H2,1-5H3;/q2*-1;. The molecule has 0 saturated carbocycles. The molecule has 9 rings (SSSR count). The van der Waals surface area contributed by atoms with Crippen LogP contribution in [0.2, 0.25) is 19.6 Å². The van der Waals surface area contributed by atoms with Crippen LogP contribution in [0.4, 0.5) is 0 Å². The Morgan fingerprint density at radius 1 is 0.746 bits per heavy atom. The number of nitrogens with zero attached hydrogens (tertiary/aromatic N) is 3. The SMILES string of the molecule is CC(C)(C)c1cc(-c2ccccc2)ccc1-n1c(-c2[c-]oc3cc4ccccc4cc23)nc2ccccc21.CC(C)Cc1cc(-c2[c-]cccc2)ncc1[Si](C)(C)C.[Ir]. The quantitative estimate of drug-likeness (QED) is 0.118. The molecule has 59 heavy (non-hydrogen) atoms. The monoisotopic (exact) mass is 966 g/mol. The van der Waals surface area contributed by atoms with Crippen LogP contribution >= 0.6 is 0 Å². The number of pyridine rings is 1. The largest absolute Gasteiger partial charge is 0.557 e. The van der Waals surface area contributed by atoms with E-state index in [1.807, 2.05) is 30.3 Å². The molecule has 0 aliphatic heterocycles. The predicted molar refractivity (Wildman–Crippen MR) is 247 cm³/mol. The summed E-state index contributed by atoms with van der Waals surface area (Å²) in [6.45, 7) is 18.5. The zero-order valence-corrected chi connectivity index (χ0v) is 38.6. The van der Waals surface area contributed by atoms with Crippen LogP contribution in [0.3, 0.4) is 0 Å². The van der Waals surface area contributed by atoms with E-state index in [0.29, 0.717) is 5.92 Å². The van der Waals surface area contributed by atoms with Gasteiger partial charge in [-0.25, -0.2) is 0 Å². The molecule has 299 valence electrons. The molecule has 0 spiro atoms. The molecule has 3 heterocycles. The van der Waals surface area contributed by atoms with Gasteiger partial charge >= 0.3 is 0 Å². The molecule has 6 aromatic carbocycles. The Labute approximate surface area is 363 Å². The molecule has 3 aromatic heterocycles. The van der Waals surface area contributed by atoms with Crippen molar-refractivity contribution in [3.8, 4) is 39.5 Å². The second kappa shape index (κ2) is 17.1. The van der Waals surface area contributed by atoms with Crippen LogP contribution in [-0.4, -0.2) is 22.6 Å². The van der Waals surface area contributed by atoms with Crippen molar-refractivity contribution in [2.45, 2.75) is 66.1 Å². The summed E-state index contributed by atoms with van der Waals surface area (Å²) in [6.07, 6.45) is 6.45. The number of hydrogen-bond donors (Lipinski definition) is 0. The van der Waals surface area contributed by atoms with E-state index >= 15 is 0 Å². The fraction of sp³-hybridized carbons (Fsp3) is 0.208. The maximum absolute atomic E-state index is 5.99. The summed E-state index contributed by atoms with van der Waals surface area (Å²) >= 11 is 0. The predicted octanol–water partition coefficient (Wildman–Crippen LogP) is 13.6. The number of aromatic nitrogens is 3. The smallest absolute Gasteiger partial charge is 0.0798 e. The Balaban J connectivity index is 0.000000214. The van der Waals surface area contributed by atoms with Gasteiger partial charge in [0.25, 0.3) is 0 Å². The summed E-state index contributed by atoms with van der Waals surface area (Å²) in [5.74, 6) is 1.50. The van der Waals surface area contributed by atoms with Crippen LogP contribution in [-0.2, 0) is 31.9 Å². The zero-order valence-electron chi connectivity index (χ0n) is 35.2. The molecule has 0 fully saturated rings. The fourth-order valence-corrected chi connectivity index (χ4v) is 9.48. The second-order valence-electron chi connectivity index (χ2n) is 17.7. The molecule has 0 aliphatic carbocycles. The minimum absolute atomic E-state index is 0. The fourth-order valence-electron chi connectivity index (χ4n) is 7.89. The number of imidazole rings is 1. The van der Waals surface area contributed by atoms with Crippen LogP contribution in [0, 0.1) is 18.2 Å². The third-order valence-electron chi connectivity index (χ3n) is 10.7. The molecule has 4 nitrogen and oxygen atoms in total. The van der Waals surface area contributed by atoms with E-state index in [2.05, 4.69) is 192 Å². The van der Waals surface area contributed by atoms with E-state index in [4.69, 9.17) is 9.40 Å². The average Bonchev–Trinajstić information content (AvgIpc) is 3.80. The van der Waals surface area contributed by atoms with Gasteiger partial charge in [0.2, 0.25) is 0 Å². The maximum atomic E-state index is 5.99. The summed E-state index contributed by atoms with van der Waals surface area (Å²) in [4.78, 5) is 9.82. The van der Waals surface area contributed by atoms with Crippen LogP contribution in [0.1, 0.15) is 45.7 Å². The summed E-state index contributed by atoms with van der Waals surface area (Å²) in [5, 5.41) is 4.82. The van der Waals surface area contributed by atoms with Crippen molar-refractivity contribution in [1.29, 1.82) is 0 Å². The number of hydrogen-bond acceptors (Lipinski definition) is 3. The zero-order chi connectivity index (χ0) is 40.6. The number of furan rings is 1. The van der Waals surface area contributed by atoms with Gasteiger partial charge in [-0.3, -0.25) is 4.98 Å². The molecule has 6 heteroatoms. The number of rotatable bonds is 7. The van der Waals surface area contributed by atoms with Crippen molar-refractivity contribution in [2.24, 2.45) is 5.92 Å². The Morgan fingerprint density at radius 2 is 1.44 bits per heavy atom. The van der Waals surface area contributed by atoms with Gasteiger partial charge in [0, 0.05) is 43.8 Å². The summed E-state index contributed by atoms with van der Waals surface area (Å²) in [6, 6.07) is 51.9. The normalized spacial score (nSPS) is 11.8. The first-order valence-corrected chi connectivity index (χ1v) is 23.8. The maximum Gasteiger partial charge on any atom is 0.0798 e. The molecule has 0 atom stereocenters. The molecule has 9 aromatic rings.